The van der Waals surface area contributed by atoms with Gasteiger partial charge in [-0.2, -0.15) is 0 Å². The first-order valence-electron chi connectivity index (χ1n) is 7.14. The summed E-state index contributed by atoms with van der Waals surface area (Å²) in [5, 5.41) is 5.83. The molecule has 23 heavy (non-hydrogen) atoms. The molecule has 1 heterocycles. The smallest absolute Gasteiger partial charge is 0.238 e. The SMILES string of the molecule is COCCNCC(=O)Nc1cccc(-c2nc(C)c(C)o2)c1.Cl. The van der Waals surface area contributed by atoms with Crippen LogP contribution < -0.4 is 10.6 Å². The first-order valence-corrected chi connectivity index (χ1v) is 7.14. The number of halogens is 1. The van der Waals surface area contributed by atoms with E-state index < -0.39 is 0 Å². The fraction of sp³-hybridized carbons (Fsp3) is 0.375. The maximum absolute atomic E-state index is 11.8. The van der Waals surface area contributed by atoms with Gasteiger partial charge in [0.2, 0.25) is 11.8 Å². The molecule has 0 spiro atoms. The molecular weight excluding hydrogens is 318 g/mol. The Morgan fingerprint density at radius 2 is 2.13 bits per heavy atom. The van der Waals surface area contributed by atoms with Crippen LogP contribution in [0.1, 0.15) is 11.5 Å². The number of methoxy groups -OCH3 is 1. The van der Waals surface area contributed by atoms with Crippen LogP contribution in [0.3, 0.4) is 0 Å². The summed E-state index contributed by atoms with van der Waals surface area (Å²) in [6, 6.07) is 7.44. The Labute approximate surface area is 142 Å². The van der Waals surface area contributed by atoms with Crippen LogP contribution in [0.25, 0.3) is 11.5 Å². The molecule has 0 saturated heterocycles. The summed E-state index contributed by atoms with van der Waals surface area (Å²) in [6.45, 7) is 5.23. The third-order valence-corrected chi connectivity index (χ3v) is 3.19. The van der Waals surface area contributed by atoms with Gasteiger partial charge in [0.05, 0.1) is 18.8 Å². The molecule has 2 N–H and O–H groups in total. The van der Waals surface area contributed by atoms with Gasteiger partial charge in [-0.3, -0.25) is 4.79 Å². The number of hydrogen-bond acceptors (Lipinski definition) is 5. The summed E-state index contributed by atoms with van der Waals surface area (Å²) in [5.74, 6) is 1.25. The number of aromatic nitrogens is 1. The third kappa shape index (κ3) is 5.67. The normalized spacial score (nSPS) is 10.2. The lowest BCUT2D eigenvalue weighted by molar-refractivity contribution is -0.115. The van der Waals surface area contributed by atoms with Gasteiger partial charge >= 0.3 is 0 Å². The van der Waals surface area contributed by atoms with Crippen molar-refractivity contribution in [3.05, 3.63) is 35.7 Å². The van der Waals surface area contributed by atoms with Crippen molar-refractivity contribution in [3.63, 3.8) is 0 Å². The Morgan fingerprint density at radius 3 is 2.78 bits per heavy atom. The minimum absolute atomic E-state index is 0. The van der Waals surface area contributed by atoms with Crippen molar-refractivity contribution >= 4 is 24.0 Å². The molecule has 0 atom stereocenters. The fourth-order valence-corrected chi connectivity index (χ4v) is 1.91. The van der Waals surface area contributed by atoms with E-state index in [1.165, 1.54) is 0 Å². The molecule has 0 saturated carbocycles. The van der Waals surface area contributed by atoms with Crippen molar-refractivity contribution in [2.75, 3.05) is 32.1 Å². The van der Waals surface area contributed by atoms with Crippen LogP contribution in [-0.2, 0) is 9.53 Å². The van der Waals surface area contributed by atoms with E-state index >= 15 is 0 Å². The van der Waals surface area contributed by atoms with E-state index in [-0.39, 0.29) is 24.9 Å². The molecule has 6 nitrogen and oxygen atoms in total. The number of ether oxygens (including phenoxy) is 1. The van der Waals surface area contributed by atoms with Gasteiger partial charge in [-0.1, -0.05) is 6.07 Å². The van der Waals surface area contributed by atoms with Crippen molar-refractivity contribution in [1.29, 1.82) is 0 Å². The van der Waals surface area contributed by atoms with E-state index in [1.54, 1.807) is 7.11 Å². The Hall–Kier alpha value is -1.89. The molecule has 0 bridgehead atoms. The first-order chi connectivity index (χ1) is 10.6. The second-order valence-corrected chi connectivity index (χ2v) is 4.96. The summed E-state index contributed by atoms with van der Waals surface area (Å²) in [5.41, 5.74) is 2.41. The van der Waals surface area contributed by atoms with Gasteiger partial charge < -0.3 is 19.8 Å². The van der Waals surface area contributed by atoms with E-state index in [2.05, 4.69) is 15.6 Å². The molecule has 0 fully saturated rings. The van der Waals surface area contributed by atoms with Crippen LogP contribution in [0.15, 0.2) is 28.7 Å². The number of aryl methyl sites for hydroxylation is 2. The van der Waals surface area contributed by atoms with Crippen LogP contribution >= 0.6 is 12.4 Å². The lowest BCUT2D eigenvalue weighted by atomic mass is 10.2. The minimum Gasteiger partial charge on any atom is -0.441 e. The zero-order valence-electron chi connectivity index (χ0n) is 13.5. The molecule has 1 aromatic heterocycles. The van der Waals surface area contributed by atoms with Crippen molar-refractivity contribution in [3.8, 4) is 11.5 Å². The zero-order valence-corrected chi connectivity index (χ0v) is 14.3. The molecule has 0 radical (unpaired) electrons. The number of hydrogen-bond donors (Lipinski definition) is 2. The number of benzene rings is 1. The third-order valence-electron chi connectivity index (χ3n) is 3.19. The van der Waals surface area contributed by atoms with Gasteiger partial charge in [-0.25, -0.2) is 4.98 Å². The summed E-state index contributed by atoms with van der Waals surface area (Å²) in [4.78, 5) is 16.2. The van der Waals surface area contributed by atoms with Crippen LogP contribution in [0.4, 0.5) is 5.69 Å². The molecule has 2 aromatic rings. The highest BCUT2D eigenvalue weighted by Gasteiger charge is 2.09. The Balaban J connectivity index is 0.00000264. The van der Waals surface area contributed by atoms with E-state index in [9.17, 15) is 4.79 Å². The second-order valence-electron chi connectivity index (χ2n) is 4.96. The van der Waals surface area contributed by atoms with E-state index in [0.717, 1.165) is 17.0 Å². The summed E-state index contributed by atoms with van der Waals surface area (Å²) in [7, 11) is 1.62. The molecule has 0 aliphatic heterocycles. The topological polar surface area (TPSA) is 76.4 Å². The molecule has 0 aliphatic rings. The lowest BCUT2D eigenvalue weighted by Gasteiger charge is -2.07. The van der Waals surface area contributed by atoms with Crippen molar-refractivity contribution in [1.82, 2.24) is 10.3 Å². The number of nitrogens with one attached hydrogen (secondary N) is 2. The molecule has 7 heteroatoms. The first kappa shape index (κ1) is 19.2. The molecule has 2 rings (SSSR count). The highest BCUT2D eigenvalue weighted by atomic mass is 35.5. The number of rotatable bonds is 7. The van der Waals surface area contributed by atoms with Crippen LogP contribution in [0.2, 0.25) is 0 Å². The standard InChI is InChI=1S/C16H21N3O3.ClH/c1-11-12(2)22-16(18-11)13-5-4-6-14(9-13)19-15(20)10-17-7-8-21-3;/h4-6,9,17H,7-8,10H2,1-3H3,(H,19,20);1H. The highest BCUT2D eigenvalue weighted by Crippen LogP contribution is 2.23. The second kappa shape index (κ2) is 9.29. The monoisotopic (exact) mass is 339 g/mol. The zero-order chi connectivity index (χ0) is 15.9. The van der Waals surface area contributed by atoms with Crippen LogP contribution in [-0.4, -0.2) is 37.7 Å². The maximum Gasteiger partial charge on any atom is 0.238 e. The maximum atomic E-state index is 11.8. The Morgan fingerprint density at radius 1 is 1.35 bits per heavy atom. The molecule has 1 aromatic carbocycles. The molecular formula is C16H22ClN3O3. The van der Waals surface area contributed by atoms with Crippen molar-refractivity contribution < 1.29 is 13.9 Å². The minimum atomic E-state index is -0.104. The molecule has 0 aliphatic carbocycles. The van der Waals surface area contributed by atoms with E-state index in [0.29, 0.717) is 24.7 Å². The van der Waals surface area contributed by atoms with E-state index in [4.69, 9.17) is 9.15 Å². The number of nitrogens with zero attached hydrogens (tertiary/aromatic N) is 1. The quantitative estimate of drug-likeness (QED) is 0.758. The fourth-order valence-electron chi connectivity index (χ4n) is 1.91. The van der Waals surface area contributed by atoms with E-state index in [1.807, 2.05) is 38.1 Å². The number of anilines is 1. The highest BCUT2D eigenvalue weighted by molar-refractivity contribution is 5.92. The van der Waals surface area contributed by atoms with Crippen LogP contribution in [0, 0.1) is 13.8 Å². The van der Waals surface area contributed by atoms with Gasteiger partial charge in [0.25, 0.3) is 0 Å². The van der Waals surface area contributed by atoms with Crippen molar-refractivity contribution in [2.45, 2.75) is 13.8 Å². The molecule has 0 unspecified atom stereocenters. The Bertz CT molecular complexity index is 624. The molecule has 1 amide bonds. The Kier molecular flexibility index (Phi) is 7.74. The predicted molar refractivity (Wildman–Crippen MR) is 92.0 cm³/mol. The van der Waals surface area contributed by atoms with Gasteiger partial charge in [0, 0.05) is 24.9 Å². The largest absolute Gasteiger partial charge is 0.441 e. The number of amides is 1. The summed E-state index contributed by atoms with van der Waals surface area (Å²) < 4.78 is 10.5. The number of oxazole rings is 1. The average molecular weight is 340 g/mol. The number of carbonyl (C=O) groups is 1. The summed E-state index contributed by atoms with van der Waals surface area (Å²) in [6.07, 6.45) is 0. The van der Waals surface area contributed by atoms with Crippen LogP contribution in [0.5, 0.6) is 0 Å². The van der Waals surface area contributed by atoms with Crippen molar-refractivity contribution in [2.24, 2.45) is 0 Å². The van der Waals surface area contributed by atoms with Gasteiger partial charge in [0.15, 0.2) is 0 Å². The molecule has 126 valence electrons. The number of carbonyl (C=O) groups excluding carboxylic acids is 1. The summed E-state index contributed by atoms with van der Waals surface area (Å²) >= 11 is 0. The average Bonchev–Trinajstić information content (AvgIpc) is 2.84. The lowest BCUT2D eigenvalue weighted by Crippen LogP contribution is -2.30. The van der Waals surface area contributed by atoms with Gasteiger partial charge in [0.1, 0.15) is 5.76 Å². The predicted octanol–water partition coefficient (Wildman–Crippen LogP) is 2.55. The van der Waals surface area contributed by atoms with Gasteiger partial charge in [-0.15, -0.1) is 12.4 Å². The van der Waals surface area contributed by atoms with Gasteiger partial charge in [-0.05, 0) is 32.0 Å².